The summed E-state index contributed by atoms with van der Waals surface area (Å²) < 4.78 is 5.56. The maximum absolute atomic E-state index is 12.4. The maximum atomic E-state index is 12.4. The highest BCUT2D eigenvalue weighted by Crippen LogP contribution is 2.27. The Morgan fingerprint density at radius 2 is 2.14 bits per heavy atom. The molecule has 1 heterocycles. The molecule has 5 nitrogen and oxygen atoms in total. The van der Waals surface area contributed by atoms with Crippen LogP contribution in [0.5, 0.6) is 0 Å². The average molecular weight is 291 g/mol. The molecule has 0 saturated carbocycles. The summed E-state index contributed by atoms with van der Waals surface area (Å²) in [6.07, 6.45) is 0.730. The first kappa shape index (κ1) is 15.5. The summed E-state index contributed by atoms with van der Waals surface area (Å²) >= 11 is 0. The van der Waals surface area contributed by atoms with Crippen LogP contribution >= 0.6 is 0 Å². The minimum atomic E-state index is -1.01. The lowest BCUT2D eigenvalue weighted by atomic mass is 9.95. The first-order chi connectivity index (χ1) is 10.0. The third kappa shape index (κ3) is 3.42. The molecule has 1 aliphatic rings. The molecule has 0 saturated heterocycles. The van der Waals surface area contributed by atoms with Gasteiger partial charge >= 0.3 is 5.97 Å². The van der Waals surface area contributed by atoms with Gasteiger partial charge in [-0.15, -0.1) is 0 Å². The van der Waals surface area contributed by atoms with E-state index in [1.165, 1.54) is 0 Å². The lowest BCUT2D eigenvalue weighted by Crippen LogP contribution is -2.47. The number of carboxylic acids is 1. The third-order valence-electron chi connectivity index (χ3n) is 4.01. The summed E-state index contributed by atoms with van der Waals surface area (Å²) in [7, 11) is 0. The van der Waals surface area contributed by atoms with Crippen LogP contribution in [0.25, 0.3) is 0 Å². The number of aliphatic carboxylic acids is 1. The van der Waals surface area contributed by atoms with Crippen LogP contribution in [0.2, 0.25) is 0 Å². The van der Waals surface area contributed by atoms with E-state index in [4.69, 9.17) is 4.74 Å². The molecule has 0 fully saturated rings. The van der Waals surface area contributed by atoms with E-state index in [1.54, 1.807) is 0 Å². The molecule has 1 aliphatic heterocycles. The van der Waals surface area contributed by atoms with Gasteiger partial charge in [-0.2, -0.15) is 0 Å². The molecule has 5 heteroatoms. The van der Waals surface area contributed by atoms with E-state index in [2.05, 4.69) is 5.32 Å². The Morgan fingerprint density at radius 3 is 2.81 bits per heavy atom. The molecule has 21 heavy (non-hydrogen) atoms. The van der Waals surface area contributed by atoms with Crippen molar-refractivity contribution < 1.29 is 19.4 Å². The van der Waals surface area contributed by atoms with E-state index >= 15 is 0 Å². The molecule has 114 valence electrons. The van der Waals surface area contributed by atoms with Crippen LogP contribution in [-0.2, 0) is 20.7 Å². The van der Waals surface area contributed by atoms with Crippen LogP contribution < -0.4 is 5.32 Å². The van der Waals surface area contributed by atoms with Crippen molar-refractivity contribution in [3.8, 4) is 0 Å². The van der Waals surface area contributed by atoms with Gasteiger partial charge in [-0.1, -0.05) is 44.5 Å². The normalized spacial score (nSPS) is 20.2. The number of hydrogen-bond donors (Lipinski definition) is 2. The Bertz CT molecular complexity index is 529. The number of rotatable bonds is 5. The Hall–Kier alpha value is -1.88. The molecule has 1 unspecified atom stereocenters. The second-order valence-corrected chi connectivity index (χ2v) is 5.41. The Balaban J connectivity index is 2.15. The van der Waals surface area contributed by atoms with Gasteiger partial charge < -0.3 is 15.2 Å². The van der Waals surface area contributed by atoms with Gasteiger partial charge in [0, 0.05) is 0 Å². The summed E-state index contributed by atoms with van der Waals surface area (Å²) in [4.78, 5) is 23.7. The van der Waals surface area contributed by atoms with E-state index < -0.39 is 18.1 Å². The maximum Gasteiger partial charge on any atom is 0.326 e. The van der Waals surface area contributed by atoms with Crippen LogP contribution in [-0.4, -0.2) is 29.6 Å². The van der Waals surface area contributed by atoms with Crippen molar-refractivity contribution in [1.82, 2.24) is 5.32 Å². The zero-order valence-electron chi connectivity index (χ0n) is 12.3. The van der Waals surface area contributed by atoms with Crippen molar-refractivity contribution in [1.29, 1.82) is 0 Å². The van der Waals surface area contributed by atoms with Crippen LogP contribution in [0, 0.1) is 5.92 Å². The highest BCUT2D eigenvalue weighted by atomic mass is 16.5. The van der Waals surface area contributed by atoms with E-state index in [1.807, 2.05) is 38.1 Å². The second kappa shape index (κ2) is 6.72. The molecule has 0 bridgehead atoms. The highest BCUT2D eigenvalue weighted by molar-refractivity contribution is 5.87. The standard InChI is InChI=1S/C16H21NO4/c1-3-10(2)13(16(19)20)17-15(18)14-12-7-5-4-6-11(12)8-9-21-14/h4-7,10,13-14H,3,8-9H2,1-2H3,(H,17,18)(H,19,20)/t10-,13-,14?/m0/s1. The van der Waals surface area contributed by atoms with Gasteiger partial charge in [-0.25, -0.2) is 4.79 Å². The summed E-state index contributed by atoms with van der Waals surface area (Å²) in [6.45, 7) is 4.18. The predicted octanol–water partition coefficient (Wildman–Crippen LogP) is 1.92. The van der Waals surface area contributed by atoms with Crippen LogP contribution in [0.3, 0.4) is 0 Å². The third-order valence-corrected chi connectivity index (χ3v) is 4.01. The van der Waals surface area contributed by atoms with Crippen LogP contribution in [0.1, 0.15) is 37.5 Å². The number of nitrogens with one attached hydrogen (secondary N) is 1. The minimum absolute atomic E-state index is 0.134. The fourth-order valence-electron chi connectivity index (χ4n) is 2.52. The molecule has 1 amide bonds. The molecule has 3 atom stereocenters. The number of amides is 1. The van der Waals surface area contributed by atoms with E-state index in [0.29, 0.717) is 13.0 Å². The minimum Gasteiger partial charge on any atom is -0.480 e. The number of fused-ring (bicyclic) bond motifs is 1. The molecule has 0 radical (unpaired) electrons. The molecule has 0 aromatic heterocycles. The number of carbonyl (C=O) groups is 2. The lowest BCUT2D eigenvalue weighted by molar-refractivity contribution is -0.146. The van der Waals surface area contributed by atoms with Crippen LogP contribution in [0.4, 0.5) is 0 Å². The molecule has 2 rings (SSSR count). The first-order valence-corrected chi connectivity index (χ1v) is 7.27. The first-order valence-electron chi connectivity index (χ1n) is 7.27. The molecule has 0 aliphatic carbocycles. The van der Waals surface area contributed by atoms with Gasteiger partial charge in [0.2, 0.25) is 0 Å². The lowest BCUT2D eigenvalue weighted by Gasteiger charge is -2.27. The summed E-state index contributed by atoms with van der Waals surface area (Å²) in [5.41, 5.74) is 1.91. The predicted molar refractivity (Wildman–Crippen MR) is 77.9 cm³/mol. The highest BCUT2D eigenvalue weighted by Gasteiger charge is 2.32. The number of carbonyl (C=O) groups excluding carboxylic acids is 1. The fourth-order valence-corrected chi connectivity index (χ4v) is 2.52. The Kier molecular flexibility index (Phi) is 4.96. The molecule has 1 aromatic carbocycles. The largest absolute Gasteiger partial charge is 0.480 e. The van der Waals surface area contributed by atoms with Gasteiger partial charge in [0.1, 0.15) is 6.04 Å². The van der Waals surface area contributed by atoms with Gasteiger partial charge in [-0.05, 0) is 23.5 Å². The van der Waals surface area contributed by atoms with Gasteiger partial charge in [0.25, 0.3) is 5.91 Å². The Labute approximate surface area is 124 Å². The van der Waals surface area contributed by atoms with Gasteiger partial charge in [0.05, 0.1) is 6.61 Å². The van der Waals surface area contributed by atoms with E-state index in [9.17, 15) is 14.7 Å². The smallest absolute Gasteiger partial charge is 0.326 e. The SMILES string of the molecule is CC[C@H](C)[C@H](NC(=O)C1OCCc2ccccc21)C(=O)O. The monoisotopic (exact) mass is 291 g/mol. The quantitative estimate of drug-likeness (QED) is 0.869. The number of benzene rings is 1. The summed E-state index contributed by atoms with van der Waals surface area (Å²) in [5.74, 6) is -1.53. The molecular weight excluding hydrogens is 270 g/mol. The van der Waals surface area contributed by atoms with Gasteiger partial charge in [0.15, 0.2) is 6.10 Å². The molecular formula is C16H21NO4. The zero-order valence-corrected chi connectivity index (χ0v) is 12.3. The molecule has 1 aromatic rings. The zero-order chi connectivity index (χ0) is 15.4. The van der Waals surface area contributed by atoms with Crippen molar-refractivity contribution in [3.05, 3.63) is 35.4 Å². The average Bonchev–Trinajstić information content (AvgIpc) is 2.50. The number of hydrogen-bond acceptors (Lipinski definition) is 3. The Morgan fingerprint density at radius 1 is 1.43 bits per heavy atom. The molecule has 2 N–H and O–H groups in total. The van der Waals surface area contributed by atoms with Crippen molar-refractivity contribution in [3.63, 3.8) is 0 Å². The summed E-state index contributed by atoms with van der Waals surface area (Å²) in [5, 5.41) is 11.9. The fraction of sp³-hybridized carbons (Fsp3) is 0.500. The van der Waals surface area contributed by atoms with E-state index in [-0.39, 0.29) is 11.8 Å². The summed E-state index contributed by atoms with van der Waals surface area (Å²) in [6, 6.07) is 6.73. The van der Waals surface area contributed by atoms with Crippen LogP contribution in [0.15, 0.2) is 24.3 Å². The second-order valence-electron chi connectivity index (χ2n) is 5.41. The topological polar surface area (TPSA) is 75.6 Å². The van der Waals surface area contributed by atoms with Crippen molar-refractivity contribution >= 4 is 11.9 Å². The molecule has 0 spiro atoms. The number of ether oxygens (including phenoxy) is 1. The number of carboxylic acid groups (broad SMARTS) is 1. The van der Waals surface area contributed by atoms with Crippen molar-refractivity contribution in [2.24, 2.45) is 5.92 Å². The van der Waals surface area contributed by atoms with Crippen molar-refractivity contribution in [2.45, 2.75) is 38.8 Å². The van der Waals surface area contributed by atoms with E-state index in [0.717, 1.165) is 17.5 Å². The van der Waals surface area contributed by atoms with Crippen molar-refractivity contribution in [2.75, 3.05) is 6.61 Å². The van der Waals surface area contributed by atoms with Gasteiger partial charge in [-0.3, -0.25) is 4.79 Å².